The highest BCUT2D eigenvalue weighted by atomic mass is 32.2. The van der Waals surface area contributed by atoms with Gasteiger partial charge in [0, 0.05) is 35.2 Å². The number of nitrogens with zero attached hydrogens (tertiary/aromatic N) is 1. The summed E-state index contributed by atoms with van der Waals surface area (Å²) in [6, 6.07) is 8.23. The molecule has 1 aliphatic heterocycles. The molecule has 1 N–H and O–H groups in total. The van der Waals surface area contributed by atoms with Gasteiger partial charge in [0.05, 0.1) is 6.26 Å². The molecule has 0 radical (unpaired) electrons. The topological polar surface area (TPSA) is 53.2 Å². The van der Waals surface area contributed by atoms with Crippen LogP contribution in [0.25, 0.3) is 16.5 Å². The van der Waals surface area contributed by atoms with Gasteiger partial charge in [-0.15, -0.1) is 0 Å². The van der Waals surface area contributed by atoms with E-state index < -0.39 is 10.0 Å². The molecule has 0 saturated heterocycles. The van der Waals surface area contributed by atoms with E-state index in [9.17, 15) is 8.42 Å². The average molecular weight is 290 g/mol. The van der Waals surface area contributed by atoms with Crippen LogP contribution in [-0.4, -0.2) is 37.1 Å². The molecule has 0 unspecified atom stereocenters. The van der Waals surface area contributed by atoms with Crippen molar-refractivity contribution in [1.29, 1.82) is 0 Å². The second-order valence-electron chi connectivity index (χ2n) is 5.27. The van der Waals surface area contributed by atoms with Crippen molar-refractivity contribution >= 4 is 26.5 Å². The molecule has 0 bridgehead atoms. The lowest BCUT2D eigenvalue weighted by Crippen LogP contribution is -2.33. The van der Waals surface area contributed by atoms with Gasteiger partial charge in [0.15, 0.2) is 0 Å². The summed E-state index contributed by atoms with van der Waals surface area (Å²) in [5.74, 6) is 0. The predicted molar refractivity (Wildman–Crippen MR) is 82.0 cm³/mol. The molecule has 1 aliphatic rings. The van der Waals surface area contributed by atoms with Crippen LogP contribution in [0, 0.1) is 6.92 Å². The van der Waals surface area contributed by atoms with Crippen LogP contribution in [-0.2, 0) is 10.0 Å². The quantitative estimate of drug-likeness (QED) is 0.924. The summed E-state index contributed by atoms with van der Waals surface area (Å²) in [6.45, 7) is 3.09. The van der Waals surface area contributed by atoms with Crippen molar-refractivity contribution in [3.8, 4) is 0 Å². The van der Waals surface area contributed by atoms with E-state index in [1.807, 2.05) is 18.2 Å². The van der Waals surface area contributed by atoms with Gasteiger partial charge in [0.2, 0.25) is 10.0 Å². The van der Waals surface area contributed by atoms with Gasteiger partial charge < -0.3 is 4.98 Å². The maximum atomic E-state index is 11.5. The Balaban J connectivity index is 2.01. The van der Waals surface area contributed by atoms with Crippen molar-refractivity contribution < 1.29 is 8.42 Å². The predicted octanol–water partition coefficient (Wildman–Crippen LogP) is 2.53. The summed E-state index contributed by atoms with van der Waals surface area (Å²) in [5, 5.41) is 1.21. The van der Waals surface area contributed by atoms with E-state index in [-0.39, 0.29) is 0 Å². The zero-order chi connectivity index (χ0) is 14.3. The van der Waals surface area contributed by atoms with Crippen LogP contribution in [0.2, 0.25) is 0 Å². The Bertz CT molecular complexity index is 787. The lowest BCUT2D eigenvalue weighted by molar-refractivity contribution is 0.446. The molecule has 0 spiro atoms. The van der Waals surface area contributed by atoms with Crippen molar-refractivity contribution in [1.82, 2.24) is 9.29 Å². The zero-order valence-corrected chi connectivity index (χ0v) is 12.5. The van der Waals surface area contributed by atoms with Gasteiger partial charge in [-0.2, -0.15) is 4.31 Å². The Morgan fingerprint density at radius 3 is 2.65 bits per heavy atom. The number of H-pyrrole nitrogens is 1. The van der Waals surface area contributed by atoms with Gasteiger partial charge in [0.25, 0.3) is 0 Å². The molecule has 0 saturated carbocycles. The summed E-state index contributed by atoms with van der Waals surface area (Å²) >= 11 is 0. The highest BCUT2D eigenvalue weighted by Gasteiger charge is 2.22. The first kappa shape index (κ1) is 13.4. The van der Waals surface area contributed by atoms with Crippen LogP contribution in [0.15, 0.2) is 30.3 Å². The molecule has 106 valence electrons. The molecule has 2 heterocycles. The second-order valence-corrected chi connectivity index (χ2v) is 7.25. The minimum atomic E-state index is -3.09. The molecular formula is C15H18N2O2S. The minimum absolute atomic E-state index is 0.465. The molecule has 2 aromatic rings. The molecule has 5 heteroatoms. The molecule has 1 aromatic heterocycles. The van der Waals surface area contributed by atoms with Gasteiger partial charge in [0.1, 0.15) is 0 Å². The number of aromatic amines is 1. The standard InChI is InChI=1S/C15H18N2O2S/c1-11-15(13-5-3-4-6-14(13)16-11)12-7-9-17(10-8-12)20(2,18)19/h3-7,16H,8-10H2,1-2H3. The summed E-state index contributed by atoms with van der Waals surface area (Å²) < 4.78 is 24.6. The Hall–Kier alpha value is -1.59. The van der Waals surface area contributed by atoms with Crippen molar-refractivity contribution in [2.45, 2.75) is 13.3 Å². The van der Waals surface area contributed by atoms with Crippen LogP contribution >= 0.6 is 0 Å². The zero-order valence-electron chi connectivity index (χ0n) is 11.7. The van der Waals surface area contributed by atoms with E-state index in [2.05, 4.69) is 24.0 Å². The van der Waals surface area contributed by atoms with E-state index in [1.165, 1.54) is 27.1 Å². The average Bonchev–Trinajstić information content (AvgIpc) is 2.73. The summed E-state index contributed by atoms with van der Waals surface area (Å²) in [7, 11) is -3.09. The number of benzene rings is 1. The molecule has 0 atom stereocenters. The van der Waals surface area contributed by atoms with Gasteiger partial charge in [-0.25, -0.2) is 8.42 Å². The van der Waals surface area contributed by atoms with Crippen LogP contribution in [0.5, 0.6) is 0 Å². The summed E-state index contributed by atoms with van der Waals surface area (Å²) in [5.41, 5.74) is 4.74. The highest BCUT2D eigenvalue weighted by molar-refractivity contribution is 7.88. The number of fused-ring (bicyclic) bond motifs is 1. The molecule has 20 heavy (non-hydrogen) atoms. The van der Waals surface area contributed by atoms with Gasteiger partial charge in [-0.05, 0) is 25.0 Å². The maximum Gasteiger partial charge on any atom is 0.211 e. The molecule has 0 fully saturated rings. The van der Waals surface area contributed by atoms with Gasteiger partial charge >= 0.3 is 0 Å². The number of aromatic nitrogens is 1. The second kappa shape index (κ2) is 4.75. The SMILES string of the molecule is Cc1[nH]c2ccccc2c1C1=CCN(S(C)(=O)=O)CC1. The van der Waals surface area contributed by atoms with Crippen LogP contribution < -0.4 is 0 Å². The Kier molecular flexibility index (Phi) is 3.18. The van der Waals surface area contributed by atoms with E-state index in [0.29, 0.717) is 13.1 Å². The van der Waals surface area contributed by atoms with Gasteiger partial charge in [-0.1, -0.05) is 24.3 Å². The maximum absolute atomic E-state index is 11.5. The Labute approximate surface area is 119 Å². The van der Waals surface area contributed by atoms with Gasteiger partial charge in [-0.3, -0.25) is 0 Å². The molecular weight excluding hydrogens is 272 g/mol. The number of aryl methyl sites for hydroxylation is 1. The smallest absolute Gasteiger partial charge is 0.211 e. The third kappa shape index (κ3) is 2.27. The highest BCUT2D eigenvalue weighted by Crippen LogP contribution is 2.32. The van der Waals surface area contributed by atoms with E-state index in [1.54, 1.807) is 0 Å². The number of hydrogen-bond acceptors (Lipinski definition) is 2. The lowest BCUT2D eigenvalue weighted by Gasteiger charge is -2.24. The first-order valence-electron chi connectivity index (χ1n) is 6.68. The first-order valence-corrected chi connectivity index (χ1v) is 8.53. The first-order chi connectivity index (χ1) is 9.47. The van der Waals surface area contributed by atoms with Crippen LogP contribution in [0.3, 0.4) is 0 Å². The Morgan fingerprint density at radius 2 is 2.00 bits per heavy atom. The van der Waals surface area contributed by atoms with E-state index >= 15 is 0 Å². The van der Waals surface area contributed by atoms with E-state index in [4.69, 9.17) is 0 Å². The molecule has 4 nitrogen and oxygen atoms in total. The fraction of sp³-hybridized carbons (Fsp3) is 0.333. The van der Waals surface area contributed by atoms with E-state index in [0.717, 1.165) is 17.6 Å². The number of hydrogen-bond donors (Lipinski definition) is 1. The summed E-state index contributed by atoms with van der Waals surface area (Å²) in [6.07, 6.45) is 4.06. The summed E-state index contributed by atoms with van der Waals surface area (Å²) in [4.78, 5) is 3.39. The molecule has 0 amide bonds. The fourth-order valence-electron chi connectivity index (χ4n) is 2.87. The number of sulfonamides is 1. The lowest BCUT2D eigenvalue weighted by atomic mass is 9.97. The normalized spacial score (nSPS) is 17.4. The third-order valence-electron chi connectivity index (χ3n) is 3.86. The van der Waals surface area contributed by atoms with Crippen molar-refractivity contribution in [2.24, 2.45) is 0 Å². The number of para-hydroxylation sites is 1. The van der Waals surface area contributed by atoms with Crippen molar-refractivity contribution in [3.05, 3.63) is 41.6 Å². The van der Waals surface area contributed by atoms with Crippen molar-refractivity contribution in [2.75, 3.05) is 19.3 Å². The molecule has 0 aliphatic carbocycles. The number of nitrogens with one attached hydrogen (secondary N) is 1. The largest absolute Gasteiger partial charge is 0.358 e. The molecule has 1 aromatic carbocycles. The fourth-order valence-corrected chi connectivity index (χ4v) is 3.64. The van der Waals surface area contributed by atoms with Crippen molar-refractivity contribution in [3.63, 3.8) is 0 Å². The Morgan fingerprint density at radius 1 is 1.25 bits per heavy atom. The number of rotatable bonds is 2. The van der Waals surface area contributed by atoms with Crippen LogP contribution in [0.1, 0.15) is 17.7 Å². The monoisotopic (exact) mass is 290 g/mol. The minimum Gasteiger partial charge on any atom is -0.358 e. The molecule has 3 rings (SSSR count). The van der Waals surface area contributed by atoms with Crippen LogP contribution in [0.4, 0.5) is 0 Å². The third-order valence-corrected chi connectivity index (χ3v) is 5.13.